The lowest BCUT2D eigenvalue weighted by atomic mass is 10.1. The zero-order chi connectivity index (χ0) is 22.1. The summed E-state index contributed by atoms with van der Waals surface area (Å²) in [4.78, 5) is 17.1. The fourth-order valence-electron chi connectivity index (χ4n) is 3.47. The molecular formula is C23H21N5O2S2. The number of hydrogen-bond acceptors (Lipinski definition) is 7. The smallest absolute Gasteiger partial charge is 0.236 e. The number of thiazole rings is 1. The van der Waals surface area contributed by atoms with E-state index >= 15 is 0 Å². The van der Waals surface area contributed by atoms with Crippen LogP contribution in [0.1, 0.15) is 16.7 Å². The van der Waals surface area contributed by atoms with Gasteiger partial charge in [-0.2, -0.15) is 0 Å². The Labute approximate surface area is 193 Å². The molecule has 4 aromatic rings. The van der Waals surface area contributed by atoms with Gasteiger partial charge in [0.2, 0.25) is 5.91 Å². The van der Waals surface area contributed by atoms with Crippen LogP contribution in [-0.2, 0) is 11.2 Å². The highest BCUT2D eigenvalue weighted by molar-refractivity contribution is 7.99. The number of carbonyl (C=O) groups is 1. The zero-order valence-corrected chi connectivity index (χ0v) is 19.3. The standard InChI is InChI=1S/C23H21N5O2S2/c1-14-3-5-18(9-15(14)2)28-13-24-27-23(28)32-12-21(29)26-22-25-19(11-31-22)16-4-6-20-17(10-16)7-8-30-20/h3-6,9-11,13H,7-8,12H2,1-2H3,(H,25,26,29). The molecular weight excluding hydrogens is 442 g/mol. The third-order valence-electron chi connectivity index (χ3n) is 5.35. The van der Waals surface area contributed by atoms with Crippen LogP contribution in [0, 0.1) is 13.8 Å². The maximum absolute atomic E-state index is 12.5. The lowest BCUT2D eigenvalue weighted by Crippen LogP contribution is -2.14. The van der Waals surface area contributed by atoms with Crippen molar-refractivity contribution < 1.29 is 9.53 Å². The van der Waals surface area contributed by atoms with Crippen molar-refractivity contribution >= 4 is 34.1 Å². The number of aromatic nitrogens is 4. The number of fused-ring (bicyclic) bond motifs is 1. The average molecular weight is 464 g/mol. The second-order valence-electron chi connectivity index (χ2n) is 7.55. The Hall–Kier alpha value is -3.17. The van der Waals surface area contributed by atoms with E-state index in [0.717, 1.165) is 35.7 Å². The molecule has 162 valence electrons. The summed E-state index contributed by atoms with van der Waals surface area (Å²) >= 11 is 2.76. The van der Waals surface area contributed by atoms with Crippen LogP contribution in [0.25, 0.3) is 16.9 Å². The SMILES string of the molecule is Cc1ccc(-n2cnnc2SCC(=O)Nc2nc(-c3ccc4c(c3)CCO4)cs2)cc1C. The predicted octanol–water partition coefficient (Wildman–Crippen LogP) is 4.67. The quantitative estimate of drug-likeness (QED) is 0.419. The van der Waals surface area contributed by atoms with Crippen molar-refractivity contribution in [1.29, 1.82) is 0 Å². The number of amides is 1. The molecule has 0 saturated carbocycles. The first kappa shape index (κ1) is 20.7. The summed E-state index contributed by atoms with van der Waals surface area (Å²) in [6.07, 6.45) is 2.58. The van der Waals surface area contributed by atoms with Gasteiger partial charge in [0.25, 0.3) is 0 Å². The molecule has 5 rings (SSSR count). The molecule has 3 heterocycles. The Balaban J connectivity index is 1.22. The molecule has 0 saturated heterocycles. The van der Waals surface area contributed by atoms with Gasteiger partial charge in [0.05, 0.1) is 18.1 Å². The number of nitrogens with zero attached hydrogens (tertiary/aromatic N) is 4. The third-order valence-corrected chi connectivity index (χ3v) is 7.05. The lowest BCUT2D eigenvalue weighted by molar-refractivity contribution is -0.113. The molecule has 1 N–H and O–H groups in total. The highest BCUT2D eigenvalue weighted by atomic mass is 32.2. The fraction of sp³-hybridized carbons (Fsp3) is 0.217. The van der Waals surface area contributed by atoms with Crippen LogP contribution in [0.15, 0.2) is 53.3 Å². The number of carbonyl (C=O) groups excluding carboxylic acids is 1. The first-order valence-electron chi connectivity index (χ1n) is 10.2. The maximum atomic E-state index is 12.5. The highest BCUT2D eigenvalue weighted by Gasteiger charge is 2.15. The molecule has 7 nitrogen and oxygen atoms in total. The predicted molar refractivity (Wildman–Crippen MR) is 127 cm³/mol. The Morgan fingerprint density at radius 1 is 1.22 bits per heavy atom. The van der Waals surface area contributed by atoms with Gasteiger partial charge in [0, 0.05) is 23.1 Å². The summed E-state index contributed by atoms with van der Waals surface area (Å²) in [5.41, 5.74) is 6.48. The van der Waals surface area contributed by atoms with E-state index in [-0.39, 0.29) is 11.7 Å². The van der Waals surface area contributed by atoms with Gasteiger partial charge in [-0.3, -0.25) is 9.36 Å². The van der Waals surface area contributed by atoms with Gasteiger partial charge in [0.1, 0.15) is 12.1 Å². The second-order valence-corrected chi connectivity index (χ2v) is 9.35. The highest BCUT2D eigenvalue weighted by Crippen LogP contribution is 2.32. The molecule has 0 bridgehead atoms. The van der Waals surface area contributed by atoms with Crippen molar-refractivity contribution in [3.8, 4) is 22.7 Å². The summed E-state index contributed by atoms with van der Waals surface area (Å²) in [7, 11) is 0. The number of hydrogen-bond donors (Lipinski definition) is 1. The molecule has 9 heteroatoms. The van der Waals surface area contributed by atoms with E-state index in [2.05, 4.69) is 52.5 Å². The number of nitrogens with one attached hydrogen (secondary N) is 1. The molecule has 0 aliphatic carbocycles. The van der Waals surface area contributed by atoms with E-state index in [1.807, 2.05) is 28.1 Å². The van der Waals surface area contributed by atoms with Gasteiger partial charge in [-0.15, -0.1) is 21.5 Å². The molecule has 0 unspecified atom stereocenters. The lowest BCUT2D eigenvalue weighted by Gasteiger charge is -2.08. The maximum Gasteiger partial charge on any atom is 0.236 e. The van der Waals surface area contributed by atoms with Crippen molar-refractivity contribution in [3.05, 3.63) is 64.8 Å². The van der Waals surface area contributed by atoms with E-state index in [1.54, 1.807) is 6.33 Å². The Morgan fingerprint density at radius 3 is 3.00 bits per heavy atom. The van der Waals surface area contributed by atoms with Crippen LogP contribution in [-0.4, -0.2) is 38.0 Å². The van der Waals surface area contributed by atoms with Crippen LogP contribution in [0.3, 0.4) is 0 Å². The first-order valence-corrected chi connectivity index (χ1v) is 12.1. The van der Waals surface area contributed by atoms with Crippen LogP contribution in [0.5, 0.6) is 5.75 Å². The minimum Gasteiger partial charge on any atom is -0.493 e. The molecule has 32 heavy (non-hydrogen) atoms. The number of benzene rings is 2. The average Bonchev–Trinajstić information content (AvgIpc) is 3.54. The molecule has 1 aliphatic rings. The number of ether oxygens (including phenoxy) is 1. The normalized spacial score (nSPS) is 12.4. The molecule has 1 aliphatic heterocycles. The van der Waals surface area contributed by atoms with E-state index in [9.17, 15) is 4.79 Å². The molecule has 1 amide bonds. The van der Waals surface area contributed by atoms with Gasteiger partial charge in [-0.05, 0) is 60.9 Å². The van der Waals surface area contributed by atoms with Crippen molar-refractivity contribution in [1.82, 2.24) is 19.7 Å². The largest absolute Gasteiger partial charge is 0.493 e. The summed E-state index contributed by atoms with van der Waals surface area (Å²) in [6.45, 7) is 4.88. The zero-order valence-electron chi connectivity index (χ0n) is 17.7. The Morgan fingerprint density at radius 2 is 2.12 bits per heavy atom. The molecule has 2 aromatic carbocycles. The monoisotopic (exact) mass is 463 g/mol. The molecule has 2 aromatic heterocycles. The van der Waals surface area contributed by atoms with E-state index in [4.69, 9.17) is 4.74 Å². The second kappa shape index (κ2) is 8.76. The van der Waals surface area contributed by atoms with Gasteiger partial charge in [-0.1, -0.05) is 17.8 Å². The molecule has 0 spiro atoms. The number of aryl methyl sites for hydroxylation is 2. The number of thioether (sulfide) groups is 1. The Bertz CT molecular complexity index is 1300. The van der Waals surface area contributed by atoms with Crippen molar-refractivity contribution in [2.45, 2.75) is 25.4 Å². The van der Waals surface area contributed by atoms with E-state index in [0.29, 0.717) is 10.3 Å². The minimum atomic E-state index is -0.132. The third kappa shape index (κ3) is 4.26. The van der Waals surface area contributed by atoms with Gasteiger partial charge < -0.3 is 10.1 Å². The van der Waals surface area contributed by atoms with E-state index in [1.165, 1.54) is 39.8 Å². The van der Waals surface area contributed by atoms with Crippen molar-refractivity contribution in [3.63, 3.8) is 0 Å². The fourth-order valence-corrected chi connectivity index (χ4v) is 4.94. The Kier molecular flexibility index (Phi) is 5.67. The van der Waals surface area contributed by atoms with Gasteiger partial charge in [0.15, 0.2) is 10.3 Å². The number of anilines is 1. The van der Waals surface area contributed by atoms with Crippen molar-refractivity contribution in [2.24, 2.45) is 0 Å². The first-order chi connectivity index (χ1) is 15.6. The topological polar surface area (TPSA) is 81.9 Å². The summed E-state index contributed by atoms with van der Waals surface area (Å²) in [5.74, 6) is 1.03. The van der Waals surface area contributed by atoms with Gasteiger partial charge in [-0.25, -0.2) is 4.98 Å². The molecule has 0 atom stereocenters. The minimum absolute atomic E-state index is 0.132. The van der Waals surface area contributed by atoms with Gasteiger partial charge >= 0.3 is 0 Å². The van der Waals surface area contributed by atoms with Crippen LogP contribution < -0.4 is 10.1 Å². The van der Waals surface area contributed by atoms with E-state index < -0.39 is 0 Å². The molecule has 0 radical (unpaired) electrons. The summed E-state index contributed by atoms with van der Waals surface area (Å²) in [6, 6.07) is 12.3. The van der Waals surface area contributed by atoms with Crippen LogP contribution in [0.2, 0.25) is 0 Å². The molecule has 0 fully saturated rings. The van der Waals surface area contributed by atoms with Crippen LogP contribution >= 0.6 is 23.1 Å². The van der Waals surface area contributed by atoms with Crippen molar-refractivity contribution in [2.75, 3.05) is 17.7 Å². The number of rotatable bonds is 6. The summed E-state index contributed by atoms with van der Waals surface area (Å²) in [5, 5.41) is 14.3. The van der Waals surface area contributed by atoms with Crippen LogP contribution in [0.4, 0.5) is 5.13 Å². The summed E-state index contributed by atoms with van der Waals surface area (Å²) < 4.78 is 7.46.